The molecule has 7 heteroatoms. The highest BCUT2D eigenvalue weighted by Gasteiger charge is 1.89. The summed E-state index contributed by atoms with van der Waals surface area (Å²) in [5, 5.41) is 4.24. The van der Waals surface area contributed by atoms with E-state index in [1.54, 1.807) is 22.9 Å². The van der Waals surface area contributed by atoms with Crippen LogP contribution >= 0.6 is 34.4 Å². The van der Waals surface area contributed by atoms with Crippen molar-refractivity contribution < 1.29 is 0 Å². The fourth-order valence-corrected chi connectivity index (χ4v) is 2.85. The van der Waals surface area contributed by atoms with Crippen molar-refractivity contribution in [1.82, 2.24) is 18.7 Å². The molecule has 0 unspecified atom stereocenters. The Labute approximate surface area is 138 Å². The first-order valence-electron chi connectivity index (χ1n) is 6.42. The number of nitrogens with zero attached hydrogens (tertiary/aromatic N) is 4. The molecule has 0 radical (unpaired) electrons. The van der Waals surface area contributed by atoms with E-state index < -0.39 is 0 Å². The Balaban J connectivity index is 0.000000157. The molecule has 0 amide bonds. The highest BCUT2D eigenvalue weighted by Crippen LogP contribution is 2.08. The molecule has 114 valence electrons. The summed E-state index contributed by atoms with van der Waals surface area (Å²) in [6, 6.07) is 0. The van der Waals surface area contributed by atoms with Gasteiger partial charge in [0.1, 0.15) is 10.8 Å². The molecule has 0 spiro atoms. The first-order chi connectivity index (χ1) is 9.88. The molecule has 0 aliphatic heterocycles. The topological polar surface area (TPSA) is 51.6 Å². The van der Waals surface area contributed by atoms with Crippen LogP contribution in [0, 0.1) is 41.5 Å². The van der Waals surface area contributed by atoms with Crippen molar-refractivity contribution in [3.05, 3.63) is 43.6 Å². The second-order valence-corrected chi connectivity index (χ2v) is 7.46. The van der Waals surface area contributed by atoms with E-state index in [1.165, 1.54) is 22.0 Å². The second kappa shape index (κ2) is 8.96. The van der Waals surface area contributed by atoms with Crippen LogP contribution in [0.1, 0.15) is 32.0 Å². The molecule has 3 aromatic heterocycles. The summed E-state index contributed by atoms with van der Waals surface area (Å²) < 4.78 is 7.91. The number of aromatic nitrogens is 4. The lowest BCUT2D eigenvalue weighted by atomic mass is 10.3. The molecule has 4 nitrogen and oxygen atoms in total. The Morgan fingerprint density at radius 1 is 0.857 bits per heavy atom. The van der Waals surface area contributed by atoms with Crippen molar-refractivity contribution in [2.45, 2.75) is 41.5 Å². The number of hydrogen-bond acceptors (Lipinski definition) is 7. The minimum Gasteiger partial charge on any atom is -0.247 e. The predicted molar refractivity (Wildman–Crippen MR) is 92.6 cm³/mol. The fraction of sp³-hybridized carbons (Fsp3) is 0.429. The molecule has 0 fully saturated rings. The smallest absolute Gasteiger partial charge is 0.139 e. The van der Waals surface area contributed by atoms with Crippen LogP contribution in [0.15, 0.2) is 11.6 Å². The first-order valence-corrected chi connectivity index (χ1v) is 8.84. The third kappa shape index (κ3) is 7.40. The van der Waals surface area contributed by atoms with E-state index in [1.807, 2.05) is 33.9 Å². The van der Waals surface area contributed by atoms with E-state index in [0.717, 1.165) is 21.5 Å². The van der Waals surface area contributed by atoms with Crippen molar-refractivity contribution in [1.29, 1.82) is 0 Å². The van der Waals surface area contributed by atoms with E-state index in [-0.39, 0.29) is 0 Å². The summed E-state index contributed by atoms with van der Waals surface area (Å²) in [7, 11) is 0. The van der Waals surface area contributed by atoms with Gasteiger partial charge in [-0.2, -0.15) is 4.37 Å². The molecule has 0 aromatic carbocycles. The molecule has 3 aromatic rings. The van der Waals surface area contributed by atoms with Gasteiger partial charge in [-0.1, -0.05) is 0 Å². The number of hydrogen-bond donors (Lipinski definition) is 0. The van der Waals surface area contributed by atoms with Crippen LogP contribution in [0.5, 0.6) is 0 Å². The minimum atomic E-state index is 0.877. The van der Waals surface area contributed by atoms with Gasteiger partial charge in [-0.15, -0.1) is 11.3 Å². The zero-order chi connectivity index (χ0) is 15.8. The molecule has 0 bridgehead atoms. The summed E-state index contributed by atoms with van der Waals surface area (Å²) >= 11 is 4.69. The van der Waals surface area contributed by atoms with Crippen molar-refractivity contribution >= 4 is 34.4 Å². The zero-order valence-electron chi connectivity index (χ0n) is 13.2. The molecule has 0 saturated carbocycles. The van der Waals surface area contributed by atoms with Crippen molar-refractivity contribution in [2.75, 3.05) is 0 Å². The minimum absolute atomic E-state index is 0.877. The Bertz CT molecular complexity index is 567. The van der Waals surface area contributed by atoms with Crippen LogP contribution in [0.2, 0.25) is 0 Å². The molecule has 0 atom stereocenters. The van der Waals surface area contributed by atoms with Gasteiger partial charge in [0.15, 0.2) is 0 Å². The SMILES string of the molecule is Cc1cnsc1C.Cc1csc(C)n1.Cc1nsc(C)n1. The average Bonchev–Trinajstić information content (AvgIpc) is 3.08. The van der Waals surface area contributed by atoms with Gasteiger partial charge in [-0.05, 0) is 70.2 Å². The van der Waals surface area contributed by atoms with Crippen LogP contribution in [-0.4, -0.2) is 18.7 Å². The summed E-state index contributed by atoms with van der Waals surface area (Å²) in [5.74, 6) is 0.877. The van der Waals surface area contributed by atoms with Crippen LogP contribution in [0.25, 0.3) is 0 Å². The molecule has 0 saturated heterocycles. The quantitative estimate of drug-likeness (QED) is 0.596. The summed E-state index contributed by atoms with van der Waals surface area (Å²) in [5.41, 5.74) is 2.42. The standard InChI is InChI=1S/2C5H7NS.C4H6N2S/c1-4-3-7-5(2)6-4;1-4-3-6-7-5(4)2;1-3-5-4(2)7-6-3/h2*3H,1-2H3;1-2H3. The largest absolute Gasteiger partial charge is 0.247 e. The molecule has 0 aliphatic rings. The lowest BCUT2D eigenvalue weighted by Gasteiger charge is -1.77. The van der Waals surface area contributed by atoms with Crippen LogP contribution in [-0.2, 0) is 0 Å². The average molecular weight is 341 g/mol. The lowest BCUT2D eigenvalue weighted by molar-refractivity contribution is 1.13. The van der Waals surface area contributed by atoms with Crippen molar-refractivity contribution in [3.63, 3.8) is 0 Å². The van der Waals surface area contributed by atoms with Crippen LogP contribution in [0.3, 0.4) is 0 Å². The van der Waals surface area contributed by atoms with Crippen molar-refractivity contribution in [2.24, 2.45) is 0 Å². The third-order valence-electron chi connectivity index (χ3n) is 2.35. The Hall–Kier alpha value is -1.18. The molecule has 3 heterocycles. The maximum atomic E-state index is 4.13. The van der Waals surface area contributed by atoms with Gasteiger partial charge < -0.3 is 0 Å². The fourth-order valence-electron chi connectivity index (χ4n) is 1.22. The van der Waals surface area contributed by atoms with E-state index in [0.29, 0.717) is 0 Å². The van der Waals surface area contributed by atoms with Crippen LogP contribution in [0.4, 0.5) is 0 Å². The highest BCUT2D eigenvalue weighted by atomic mass is 32.1. The van der Waals surface area contributed by atoms with Gasteiger partial charge in [-0.3, -0.25) is 0 Å². The molecule has 0 aliphatic carbocycles. The Morgan fingerprint density at radius 3 is 1.71 bits per heavy atom. The maximum Gasteiger partial charge on any atom is 0.139 e. The van der Waals surface area contributed by atoms with E-state index in [2.05, 4.69) is 37.9 Å². The van der Waals surface area contributed by atoms with Gasteiger partial charge >= 0.3 is 0 Å². The molecule has 3 rings (SSSR count). The molecular formula is C14H20N4S3. The summed E-state index contributed by atoms with van der Waals surface area (Å²) in [6.45, 7) is 12.0. The Morgan fingerprint density at radius 2 is 1.57 bits per heavy atom. The van der Waals surface area contributed by atoms with Gasteiger partial charge in [0.25, 0.3) is 0 Å². The summed E-state index contributed by atoms with van der Waals surface area (Å²) in [4.78, 5) is 9.47. The van der Waals surface area contributed by atoms with Gasteiger partial charge in [0.2, 0.25) is 0 Å². The Kier molecular flexibility index (Phi) is 7.63. The third-order valence-corrected chi connectivity index (χ3v) is 4.76. The lowest BCUT2D eigenvalue weighted by Crippen LogP contribution is -1.70. The maximum absolute atomic E-state index is 4.13. The number of aryl methyl sites for hydroxylation is 6. The predicted octanol–water partition coefficient (Wildman–Crippen LogP) is 4.67. The number of thiazole rings is 1. The van der Waals surface area contributed by atoms with Gasteiger partial charge in [0, 0.05) is 22.1 Å². The molecular weight excluding hydrogens is 320 g/mol. The van der Waals surface area contributed by atoms with E-state index in [9.17, 15) is 0 Å². The zero-order valence-corrected chi connectivity index (χ0v) is 15.6. The second-order valence-electron chi connectivity index (χ2n) is 4.43. The number of rotatable bonds is 0. The monoisotopic (exact) mass is 340 g/mol. The highest BCUT2D eigenvalue weighted by molar-refractivity contribution is 7.09. The first kappa shape index (κ1) is 17.9. The van der Waals surface area contributed by atoms with Gasteiger partial charge in [0.05, 0.1) is 5.01 Å². The van der Waals surface area contributed by atoms with E-state index >= 15 is 0 Å². The molecule has 21 heavy (non-hydrogen) atoms. The molecule has 0 N–H and O–H groups in total. The van der Waals surface area contributed by atoms with E-state index in [4.69, 9.17) is 0 Å². The van der Waals surface area contributed by atoms with Crippen molar-refractivity contribution in [3.8, 4) is 0 Å². The van der Waals surface area contributed by atoms with Gasteiger partial charge in [-0.25, -0.2) is 14.3 Å². The normalized spacial score (nSPS) is 9.43. The summed E-state index contributed by atoms with van der Waals surface area (Å²) in [6.07, 6.45) is 1.89. The van der Waals surface area contributed by atoms with Crippen LogP contribution < -0.4 is 0 Å².